The molecule has 1 saturated carbocycles. The number of amides is 2. The lowest BCUT2D eigenvalue weighted by atomic mass is 9.95. The van der Waals surface area contributed by atoms with E-state index in [4.69, 9.17) is 0 Å². The quantitative estimate of drug-likeness (QED) is 0.832. The van der Waals surface area contributed by atoms with Crippen LogP contribution in [0.5, 0.6) is 0 Å². The van der Waals surface area contributed by atoms with E-state index in [1.165, 1.54) is 11.1 Å². The summed E-state index contributed by atoms with van der Waals surface area (Å²) in [6.07, 6.45) is 2.32. The van der Waals surface area contributed by atoms with Gasteiger partial charge in [-0.05, 0) is 39.4 Å². The molecule has 1 aliphatic rings. The largest absolute Gasteiger partial charge is 0.337 e. The SMILES string of the molecule is Cc1ccc(C2(CNC(=O)NCCN(C)C)CC2)cc1. The number of urea groups is 1. The molecule has 0 bridgehead atoms. The van der Waals surface area contributed by atoms with E-state index in [1.807, 2.05) is 14.1 Å². The number of aryl methyl sites for hydroxylation is 1. The first-order chi connectivity index (χ1) is 9.52. The summed E-state index contributed by atoms with van der Waals surface area (Å²) in [6, 6.07) is 8.60. The number of rotatable bonds is 6. The third kappa shape index (κ3) is 3.97. The van der Waals surface area contributed by atoms with Crippen LogP contribution in [0.4, 0.5) is 4.79 Å². The fourth-order valence-electron chi connectivity index (χ4n) is 2.33. The molecule has 0 aliphatic heterocycles. The molecule has 1 aliphatic carbocycles. The van der Waals surface area contributed by atoms with Gasteiger partial charge in [-0.15, -0.1) is 0 Å². The smallest absolute Gasteiger partial charge is 0.314 e. The fourth-order valence-corrected chi connectivity index (χ4v) is 2.33. The Hall–Kier alpha value is -1.55. The van der Waals surface area contributed by atoms with Crippen LogP contribution in [0.15, 0.2) is 24.3 Å². The normalized spacial score (nSPS) is 16.0. The average molecular weight is 275 g/mol. The highest BCUT2D eigenvalue weighted by Crippen LogP contribution is 2.47. The van der Waals surface area contributed by atoms with E-state index in [9.17, 15) is 4.79 Å². The van der Waals surface area contributed by atoms with Crippen molar-refractivity contribution < 1.29 is 4.79 Å². The minimum Gasteiger partial charge on any atom is -0.337 e. The molecule has 0 heterocycles. The van der Waals surface area contributed by atoms with E-state index in [-0.39, 0.29) is 11.4 Å². The number of benzene rings is 1. The van der Waals surface area contributed by atoms with E-state index in [2.05, 4.69) is 46.7 Å². The van der Waals surface area contributed by atoms with Crippen LogP contribution in [0.25, 0.3) is 0 Å². The summed E-state index contributed by atoms with van der Waals surface area (Å²) in [5.41, 5.74) is 2.79. The molecule has 0 unspecified atom stereocenters. The Balaban J connectivity index is 1.78. The summed E-state index contributed by atoms with van der Waals surface area (Å²) < 4.78 is 0. The van der Waals surface area contributed by atoms with Crippen molar-refractivity contribution in [3.05, 3.63) is 35.4 Å². The Morgan fingerprint density at radius 1 is 1.20 bits per heavy atom. The summed E-state index contributed by atoms with van der Waals surface area (Å²) in [7, 11) is 3.99. The van der Waals surface area contributed by atoms with Gasteiger partial charge in [0.05, 0.1) is 0 Å². The topological polar surface area (TPSA) is 44.4 Å². The van der Waals surface area contributed by atoms with Gasteiger partial charge in [0.15, 0.2) is 0 Å². The van der Waals surface area contributed by atoms with Crippen molar-refractivity contribution in [2.45, 2.75) is 25.2 Å². The van der Waals surface area contributed by atoms with Gasteiger partial charge in [0.25, 0.3) is 0 Å². The van der Waals surface area contributed by atoms with Gasteiger partial charge in [0.1, 0.15) is 0 Å². The standard InChI is InChI=1S/C16H25N3O/c1-13-4-6-14(7-5-13)16(8-9-16)12-18-15(20)17-10-11-19(2)3/h4-7H,8-12H2,1-3H3,(H2,17,18,20). The van der Waals surface area contributed by atoms with Gasteiger partial charge >= 0.3 is 6.03 Å². The lowest BCUT2D eigenvalue weighted by Crippen LogP contribution is -2.42. The molecule has 4 nitrogen and oxygen atoms in total. The predicted molar refractivity (Wildman–Crippen MR) is 82.0 cm³/mol. The van der Waals surface area contributed by atoms with Gasteiger partial charge in [0, 0.05) is 25.0 Å². The molecule has 2 rings (SSSR count). The summed E-state index contributed by atoms with van der Waals surface area (Å²) >= 11 is 0. The third-order valence-corrected chi connectivity index (χ3v) is 3.95. The molecule has 1 aromatic carbocycles. The summed E-state index contributed by atoms with van der Waals surface area (Å²) in [6.45, 7) is 4.36. The second-order valence-electron chi connectivity index (χ2n) is 6.06. The predicted octanol–water partition coefficient (Wildman–Crippen LogP) is 1.89. The van der Waals surface area contributed by atoms with Crippen LogP contribution in [-0.2, 0) is 5.41 Å². The maximum atomic E-state index is 11.7. The van der Waals surface area contributed by atoms with Crippen molar-refractivity contribution in [1.29, 1.82) is 0 Å². The van der Waals surface area contributed by atoms with Crippen molar-refractivity contribution in [3.8, 4) is 0 Å². The van der Waals surface area contributed by atoms with Gasteiger partial charge in [-0.25, -0.2) is 4.79 Å². The molecular weight excluding hydrogens is 250 g/mol. The van der Waals surface area contributed by atoms with E-state index >= 15 is 0 Å². The zero-order valence-corrected chi connectivity index (χ0v) is 12.7. The molecule has 0 radical (unpaired) electrons. The molecule has 1 aromatic rings. The highest BCUT2D eigenvalue weighted by Gasteiger charge is 2.44. The number of hydrogen-bond acceptors (Lipinski definition) is 2. The first kappa shape index (κ1) is 14.9. The second-order valence-corrected chi connectivity index (χ2v) is 6.06. The van der Waals surface area contributed by atoms with Crippen LogP contribution < -0.4 is 10.6 Å². The van der Waals surface area contributed by atoms with Crippen molar-refractivity contribution in [3.63, 3.8) is 0 Å². The zero-order chi connectivity index (χ0) is 14.6. The van der Waals surface area contributed by atoms with Crippen LogP contribution in [0.1, 0.15) is 24.0 Å². The van der Waals surface area contributed by atoms with Gasteiger partial charge in [-0.1, -0.05) is 29.8 Å². The molecule has 0 spiro atoms. The molecule has 4 heteroatoms. The monoisotopic (exact) mass is 275 g/mol. The molecule has 20 heavy (non-hydrogen) atoms. The minimum atomic E-state index is -0.0646. The van der Waals surface area contributed by atoms with Crippen molar-refractivity contribution >= 4 is 6.03 Å². The average Bonchev–Trinajstić information content (AvgIpc) is 3.18. The van der Waals surface area contributed by atoms with Gasteiger partial charge in [-0.3, -0.25) is 0 Å². The maximum Gasteiger partial charge on any atom is 0.314 e. The first-order valence-electron chi connectivity index (χ1n) is 7.25. The lowest BCUT2D eigenvalue weighted by molar-refractivity contribution is 0.238. The van der Waals surface area contributed by atoms with E-state index < -0.39 is 0 Å². The number of likely N-dealkylation sites (N-methyl/N-ethyl adjacent to an activating group) is 1. The molecule has 1 fully saturated rings. The Morgan fingerprint density at radius 3 is 2.40 bits per heavy atom. The summed E-state index contributed by atoms with van der Waals surface area (Å²) in [4.78, 5) is 13.8. The Bertz CT molecular complexity index is 449. The van der Waals surface area contributed by atoms with E-state index in [0.717, 1.165) is 25.9 Å². The number of carbonyl (C=O) groups excluding carboxylic acids is 1. The van der Waals surface area contributed by atoms with Crippen molar-refractivity contribution in [1.82, 2.24) is 15.5 Å². The van der Waals surface area contributed by atoms with Gasteiger partial charge in [0.2, 0.25) is 0 Å². The van der Waals surface area contributed by atoms with E-state index in [1.54, 1.807) is 0 Å². The molecule has 0 atom stereocenters. The zero-order valence-electron chi connectivity index (χ0n) is 12.7. The highest BCUT2D eigenvalue weighted by atomic mass is 16.2. The van der Waals surface area contributed by atoms with Crippen LogP contribution in [-0.4, -0.2) is 44.7 Å². The number of nitrogens with zero attached hydrogens (tertiary/aromatic N) is 1. The number of hydrogen-bond donors (Lipinski definition) is 2. The second kappa shape index (κ2) is 6.27. The van der Waals surface area contributed by atoms with Crippen LogP contribution >= 0.6 is 0 Å². The first-order valence-corrected chi connectivity index (χ1v) is 7.25. The maximum absolute atomic E-state index is 11.7. The molecule has 2 amide bonds. The van der Waals surface area contributed by atoms with E-state index in [0.29, 0.717) is 6.54 Å². The minimum absolute atomic E-state index is 0.0646. The van der Waals surface area contributed by atoms with Crippen LogP contribution in [0.3, 0.4) is 0 Å². The molecule has 110 valence electrons. The fraction of sp³-hybridized carbons (Fsp3) is 0.562. The Kier molecular flexibility index (Phi) is 4.65. The van der Waals surface area contributed by atoms with Crippen LogP contribution in [0, 0.1) is 6.92 Å². The van der Waals surface area contributed by atoms with Crippen molar-refractivity contribution in [2.24, 2.45) is 0 Å². The molecule has 2 N–H and O–H groups in total. The highest BCUT2D eigenvalue weighted by molar-refractivity contribution is 5.74. The lowest BCUT2D eigenvalue weighted by Gasteiger charge is -2.17. The molecule has 0 aromatic heterocycles. The van der Waals surface area contributed by atoms with Gasteiger partial charge < -0.3 is 15.5 Å². The third-order valence-electron chi connectivity index (χ3n) is 3.95. The summed E-state index contributed by atoms with van der Waals surface area (Å²) in [5, 5.41) is 5.89. The van der Waals surface area contributed by atoms with Crippen LogP contribution in [0.2, 0.25) is 0 Å². The molecular formula is C16H25N3O. The van der Waals surface area contributed by atoms with Crippen molar-refractivity contribution in [2.75, 3.05) is 33.7 Å². The number of carbonyl (C=O) groups is 1. The summed E-state index contributed by atoms with van der Waals surface area (Å²) in [5.74, 6) is 0. The number of nitrogens with one attached hydrogen (secondary N) is 2. The Labute approximate surface area is 121 Å². The van der Waals surface area contributed by atoms with Gasteiger partial charge in [-0.2, -0.15) is 0 Å². The Morgan fingerprint density at radius 2 is 1.85 bits per heavy atom. The molecule has 0 saturated heterocycles.